The minimum atomic E-state index is -0.382. The van der Waals surface area contributed by atoms with Gasteiger partial charge in [0.15, 0.2) is 11.5 Å². The topological polar surface area (TPSA) is 70.8 Å². The van der Waals surface area contributed by atoms with Gasteiger partial charge in [0.2, 0.25) is 0 Å². The summed E-state index contributed by atoms with van der Waals surface area (Å²) in [6.45, 7) is 0.204. The van der Waals surface area contributed by atoms with Gasteiger partial charge in [-0.05, 0) is 35.4 Å². The molecule has 0 amide bonds. The summed E-state index contributed by atoms with van der Waals surface area (Å²) >= 11 is 0. The van der Waals surface area contributed by atoms with Crippen LogP contribution in [0.5, 0.6) is 11.5 Å². The third kappa shape index (κ3) is 2.73. The maximum Gasteiger partial charge on any atom is 0.339 e. The Kier molecular flexibility index (Phi) is 3.93. The monoisotopic (exact) mass is 311 g/mol. The number of carbonyl (C=O) groups excluding carboxylic acids is 1. The molecule has 0 spiro atoms. The number of nitrogens with two attached hydrogens (primary N) is 1. The number of fused-ring (bicyclic) bond motifs is 1. The number of methoxy groups -OCH3 is 2. The molecule has 2 aromatic rings. The van der Waals surface area contributed by atoms with E-state index in [9.17, 15) is 4.79 Å². The summed E-state index contributed by atoms with van der Waals surface area (Å²) in [5, 5.41) is 0. The lowest BCUT2D eigenvalue weighted by molar-refractivity contribution is -0.138. The second-order valence-corrected chi connectivity index (χ2v) is 5.13. The third-order valence-corrected chi connectivity index (χ3v) is 3.77. The van der Waals surface area contributed by atoms with E-state index in [1.807, 2.05) is 24.3 Å². The lowest BCUT2D eigenvalue weighted by atomic mass is 9.95. The maximum absolute atomic E-state index is 12.2. The van der Waals surface area contributed by atoms with Gasteiger partial charge in [-0.3, -0.25) is 0 Å². The first kappa shape index (κ1) is 15.0. The summed E-state index contributed by atoms with van der Waals surface area (Å²) < 4.78 is 15.9. The number of cyclic esters (lactones) is 1. The van der Waals surface area contributed by atoms with Gasteiger partial charge in [0, 0.05) is 11.3 Å². The average molecular weight is 311 g/mol. The van der Waals surface area contributed by atoms with Gasteiger partial charge in [-0.15, -0.1) is 0 Å². The van der Waals surface area contributed by atoms with Crippen LogP contribution in [-0.4, -0.2) is 20.2 Å². The Balaban J connectivity index is 2.17. The number of ether oxygens (including phenoxy) is 3. The zero-order valence-corrected chi connectivity index (χ0v) is 13.0. The van der Waals surface area contributed by atoms with E-state index in [1.54, 1.807) is 32.4 Å². The highest BCUT2D eigenvalue weighted by molar-refractivity contribution is 6.23. The molecule has 5 nitrogen and oxygen atoms in total. The van der Waals surface area contributed by atoms with E-state index in [-0.39, 0.29) is 12.6 Å². The van der Waals surface area contributed by atoms with Crippen molar-refractivity contribution in [1.29, 1.82) is 0 Å². The number of hydrogen-bond acceptors (Lipinski definition) is 5. The van der Waals surface area contributed by atoms with Crippen LogP contribution in [0.1, 0.15) is 16.7 Å². The van der Waals surface area contributed by atoms with Gasteiger partial charge in [-0.25, -0.2) is 4.79 Å². The van der Waals surface area contributed by atoms with Crippen LogP contribution in [0.25, 0.3) is 11.6 Å². The van der Waals surface area contributed by atoms with E-state index in [0.717, 1.165) is 16.7 Å². The smallest absolute Gasteiger partial charge is 0.339 e. The van der Waals surface area contributed by atoms with E-state index in [1.165, 1.54) is 0 Å². The molecule has 0 aliphatic carbocycles. The van der Waals surface area contributed by atoms with E-state index >= 15 is 0 Å². The Morgan fingerprint density at radius 3 is 2.52 bits per heavy atom. The minimum absolute atomic E-state index is 0.204. The molecule has 0 unspecified atom stereocenters. The predicted octanol–water partition coefficient (Wildman–Crippen LogP) is 2.88. The Bertz CT molecular complexity index is 796. The largest absolute Gasteiger partial charge is 0.493 e. The van der Waals surface area contributed by atoms with Crippen molar-refractivity contribution in [3.8, 4) is 11.5 Å². The molecular formula is C18H17NO4. The van der Waals surface area contributed by atoms with Crippen molar-refractivity contribution in [1.82, 2.24) is 0 Å². The number of benzene rings is 2. The van der Waals surface area contributed by atoms with Crippen molar-refractivity contribution in [2.24, 2.45) is 0 Å². The summed E-state index contributed by atoms with van der Waals surface area (Å²) in [6.07, 6.45) is 1.74. The van der Waals surface area contributed by atoms with Crippen LogP contribution in [0.15, 0.2) is 36.4 Å². The predicted molar refractivity (Wildman–Crippen MR) is 88.1 cm³/mol. The van der Waals surface area contributed by atoms with Crippen molar-refractivity contribution >= 4 is 23.3 Å². The van der Waals surface area contributed by atoms with Crippen molar-refractivity contribution < 1.29 is 19.0 Å². The fourth-order valence-corrected chi connectivity index (χ4v) is 2.56. The summed E-state index contributed by atoms with van der Waals surface area (Å²) in [4.78, 5) is 12.2. The highest BCUT2D eigenvalue weighted by Gasteiger charge is 2.25. The Morgan fingerprint density at radius 2 is 1.83 bits per heavy atom. The SMILES string of the molecule is COc1cc2c(cc1OC)/C(=C\c1ccccc1N)C(=O)OC2. The first-order valence-corrected chi connectivity index (χ1v) is 7.12. The highest BCUT2D eigenvalue weighted by atomic mass is 16.5. The molecule has 2 aromatic carbocycles. The highest BCUT2D eigenvalue weighted by Crippen LogP contribution is 2.37. The minimum Gasteiger partial charge on any atom is -0.493 e. The van der Waals surface area contributed by atoms with Crippen molar-refractivity contribution in [2.45, 2.75) is 6.61 Å². The van der Waals surface area contributed by atoms with Gasteiger partial charge in [0.05, 0.1) is 19.8 Å². The maximum atomic E-state index is 12.2. The summed E-state index contributed by atoms with van der Waals surface area (Å²) in [5.74, 6) is 0.781. The van der Waals surface area contributed by atoms with Crippen LogP contribution < -0.4 is 15.2 Å². The normalized spacial score (nSPS) is 15.0. The van der Waals surface area contributed by atoms with Crippen molar-refractivity contribution in [3.05, 3.63) is 53.1 Å². The first-order chi connectivity index (χ1) is 11.1. The van der Waals surface area contributed by atoms with E-state index in [0.29, 0.717) is 22.8 Å². The van der Waals surface area contributed by atoms with Crippen molar-refractivity contribution in [3.63, 3.8) is 0 Å². The van der Waals surface area contributed by atoms with Crippen LogP contribution in [0.4, 0.5) is 5.69 Å². The third-order valence-electron chi connectivity index (χ3n) is 3.77. The molecule has 3 rings (SSSR count). The van der Waals surface area contributed by atoms with E-state index in [4.69, 9.17) is 19.9 Å². The molecule has 0 fully saturated rings. The van der Waals surface area contributed by atoms with Crippen LogP contribution >= 0.6 is 0 Å². The Hall–Kier alpha value is -2.95. The molecule has 0 saturated heterocycles. The molecule has 0 bridgehead atoms. The molecule has 0 atom stereocenters. The molecular weight excluding hydrogens is 294 g/mol. The van der Waals surface area contributed by atoms with Gasteiger partial charge in [-0.1, -0.05) is 18.2 Å². The average Bonchev–Trinajstić information content (AvgIpc) is 2.58. The number of carbonyl (C=O) groups is 1. The van der Waals surface area contributed by atoms with Crippen LogP contribution in [0, 0.1) is 0 Å². The van der Waals surface area contributed by atoms with Gasteiger partial charge in [0.25, 0.3) is 0 Å². The molecule has 23 heavy (non-hydrogen) atoms. The molecule has 1 aliphatic heterocycles. The van der Waals surface area contributed by atoms with Gasteiger partial charge in [-0.2, -0.15) is 0 Å². The second kappa shape index (κ2) is 6.04. The molecule has 0 saturated carbocycles. The zero-order chi connectivity index (χ0) is 16.4. The number of para-hydroxylation sites is 1. The molecule has 1 heterocycles. The molecule has 2 N–H and O–H groups in total. The standard InChI is InChI=1S/C18H17NO4/c1-21-16-8-12-10-23-18(20)14(13(12)9-17(16)22-2)7-11-5-3-4-6-15(11)19/h3-9H,10,19H2,1-2H3/b14-7+. The lowest BCUT2D eigenvalue weighted by Gasteiger charge is -2.21. The first-order valence-electron chi connectivity index (χ1n) is 7.12. The summed E-state index contributed by atoms with van der Waals surface area (Å²) in [7, 11) is 3.13. The fourth-order valence-electron chi connectivity index (χ4n) is 2.56. The zero-order valence-electron chi connectivity index (χ0n) is 13.0. The molecule has 0 radical (unpaired) electrons. The van der Waals surface area contributed by atoms with Gasteiger partial charge >= 0.3 is 5.97 Å². The summed E-state index contributed by atoms with van der Waals surface area (Å²) in [6, 6.07) is 11.0. The Morgan fingerprint density at radius 1 is 1.13 bits per heavy atom. The fraction of sp³-hybridized carbons (Fsp3) is 0.167. The molecule has 118 valence electrons. The Labute approximate surface area is 134 Å². The number of rotatable bonds is 3. The van der Waals surface area contributed by atoms with Crippen LogP contribution in [0.3, 0.4) is 0 Å². The number of nitrogen functional groups attached to an aromatic ring is 1. The van der Waals surface area contributed by atoms with Crippen LogP contribution in [-0.2, 0) is 16.1 Å². The van der Waals surface area contributed by atoms with Gasteiger partial charge in [0.1, 0.15) is 6.61 Å². The van der Waals surface area contributed by atoms with E-state index in [2.05, 4.69) is 0 Å². The molecule has 1 aliphatic rings. The lowest BCUT2D eigenvalue weighted by Crippen LogP contribution is -2.16. The summed E-state index contributed by atoms with van der Waals surface area (Å²) in [5.41, 5.74) is 9.41. The number of anilines is 1. The van der Waals surface area contributed by atoms with E-state index < -0.39 is 0 Å². The van der Waals surface area contributed by atoms with Gasteiger partial charge < -0.3 is 19.9 Å². The molecule has 0 aromatic heterocycles. The quantitative estimate of drug-likeness (QED) is 0.536. The number of hydrogen-bond donors (Lipinski definition) is 1. The van der Waals surface area contributed by atoms with Crippen molar-refractivity contribution in [2.75, 3.05) is 20.0 Å². The second-order valence-electron chi connectivity index (χ2n) is 5.13. The number of esters is 1. The molecule has 5 heteroatoms. The van der Waals surface area contributed by atoms with Crippen LogP contribution in [0.2, 0.25) is 0 Å².